The number of anilines is 1. The van der Waals surface area contributed by atoms with Gasteiger partial charge in [-0.05, 0) is 24.6 Å². The summed E-state index contributed by atoms with van der Waals surface area (Å²) in [6.07, 6.45) is 9.25. The second-order valence-electron chi connectivity index (χ2n) is 6.18. The maximum Gasteiger partial charge on any atom is 0.246 e. The molecule has 0 unspecified atom stereocenters. The number of amides is 1. The number of nitrogens with zero attached hydrogens (tertiary/aromatic N) is 4. The number of carbonyl (C=O) groups is 1. The Hall–Kier alpha value is -2.67. The third-order valence-corrected chi connectivity index (χ3v) is 5.75. The van der Waals surface area contributed by atoms with Crippen molar-refractivity contribution < 1.29 is 9.21 Å². The molecule has 1 aliphatic rings. The highest BCUT2D eigenvalue weighted by atomic mass is 32.1. The maximum atomic E-state index is 12.4. The summed E-state index contributed by atoms with van der Waals surface area (Å²) in [4.78, 5) is 27.7. The molecule has 0 N–H and O–H groups in total. The molecule has 26 heavy (non-hydrogen) atoms. The molecule has 7 heteroatoms. The average Bonchev–Trinajstić information content (AvgIpc) is 3.35. The second kappa shape index (κ2) is 7.29. The zero-order chi connectivity index (χ0) is 17.9. The Morgan fingerprint density at radius 1 is 1.31 bits per heavy atom. The molecule has 0 atom stereocenters. The molecule has 6 nitrogen and oxygen atoms in total. The summed E-state index contributed by atoms with van der Waals surface area (Å²) in [6.45, 7) is 5.07. The fourth-order valence-corrected chi connectivity index (χ4v) is 4.03. The molecule has 1 fully saturated rings. The van der Waals surface area contributed by atoms with Crippen LogP contribution in [0.2, 0.25) is 0 Å². The van der Waals surface area contributed by atoms with Crippen LogP contribution in [0.15, 0.2) is 41.5 Å². The van der Waals surface area contributed by atoms with Gasteiger partial charge in [-0.1, -0.05) is 6.92 Å². The number of carbonyl (C=O) groups excluding carboxylic acids is 1. The van der Waals surface area contributed by atoms with Crippen molar-refractivity contribution in [3.05, 3.63) is 47.5 Å². The predicted molar refractivity (Wildman–Crippen MR) is 103 cm³/mol. The van der Waals surface area contributed by atoms with Gasteiger partial charge in [0.25, 0.3) is 0 Å². The van der Waals surface area contributed by atoms with Crippen molar-refractivity contribution in [3.8, 4) is 0 Å². The first-order valence-electron chi connectivity index (χ1n) is 8.72. The van der Waals surface area contributed by atoms with E-state index in [0.29, 0.717) is 13.1 Å². The molecule has 1 saturated heterocycles. The number of piperazine rings is 1. The van der Waals surface area contributed by atoms with Crippen LogP contribution < -0.4 is 4.90 Å². The summed E-state index contributed by atoms with van der Waals surface area (Å²) < 4.78 is 5.01. The minimum Gasteiger partial charge on any atom is -0.472 e. The van der Waals surface area contributed by atoms with Crippen molar-refractivity contribution >= 4 is 39.4 Å². The lowest BCUT2D eigenvalue weighted by molar-refractivity contribution is -0.126. The van der Waals surface area contributed by atoms with Gasteiger partial charge in [-0.3, -0.25) is 4.79 Å². The minimum atomic E-state index is 0.0301. The third-order valence-electron chi connectivity index (χ3n) is 4.56. The number of hydrogen-bond donors (Lipinski definition) is 0. The molecule has 1 amide bonds. The van der Waals surface area contributed by atoms with Crippen LogP contribution in [0.4, 0.5) is 5.82 Å². The lowest BCUT2D eigenvalue weighted by atomic mass is 10.2. The first-order chi connectivity index (χ1) is 12.7. The summed E-state index contributed by atoms with van der Waals surface area (Å²) in [5.74, 6) is 1.01. The van der Waals surface area contributed by atoms with Crippen molar-refractivity contribution in [2.75, 3.05) is 31.1 Å². The Balaban J connectivity index is 1.44. The van der Waals surface area contributed by atoms with E-state index < -0.39 is 0 Å². The smallest absolute Gasteiger partial charge is 0.246 e. The number of thiophene rings is 1. The lowest BCUT2D eigenvalue weighted by Crippen LogP contribution is -2.48. The van der Waals surface area contributed by atoms with Gasteiger partial charge in [0.1, 0.15) is 17.0 Å². The molecule has 134 valence electrons. The zero-order valence-corrected chi connectivity index (χ0v) is 15.4. The molecule has 0 saturated carbocycles. The van der Waals surface area contributed by atoms with E-state index >= 15 is 0 Å². The van der Waals surface area contributed by atoms with E-state index in [1.807, 2.05) is 11.0 Å². The van der Waals surface area contributed by atoms with Crippen molar-refractivity contribution in [1.29, 1.82) is 0 Å². The molecular weight excluding hydrogens is 348 g/mol. The number of fused-ring (bicyclic) bond motifs is 1. The van der Waals surface area contributed by atoms with Gasteiger partial charge < -0.3 is 14.2 Å². The quantitative estimate of drug-likeness (QED) is 0.662. The zero-order valence-electron chi connectivity index (χ0n) is 14.6. The van der Waals surface area contributed by atoms with E-state index in [2.05, 4.69) is 27.9 Å². The standard InChI is InChI=1S/C19H20N4O2S/c1-2-15-11-16-18(20-13-21-19(16)26-15)23-8-6-22(7-9-23)17(24)4-3-14-5-10-25-12-14/h3-5,10-13H,2,6-9H2,1H3/b4-3+. The topological polar surface area (TPSA) is 62.5 Å². The van der Waals surface area contributed by atoms with Gasteiger partial charge in [-0.15, -0.1) is 11.3 Å². The summed E-state index contributed by atoms with van der Waals surface area (Å²) in [5, 5.41) is 1.12. The molecular formula is C19H20N4O2S. The Labute approximate surface area is 155 Å². The normalized spacial score (nSPS) is 15.3. The Morgan fingerprint density at radius 2 is 2.15 bits per heavy atom. The summed E-state index contributed by atoms with van der Waals surface area (Å²) in [7, 11) is 0. The highest BCUT2D eigenvalue weighted by Crippen LogP contribution is 2.30. The van der Waals surface area contributed by atoms with Gasteiger partial charge in [0.05, 0.1) is 17.9 Å². The van der Waals surface area contributed by atoms with Gasteiger partial charge in [0.15, 0.2) is 0 Å². The SMILES string of the molecule is CCc1cc2c(N3CCN(C(=O)/C=C/c4ccoc4)CC3)ncnc2s1. The number of rotatable bonds is 4. The maximum absolute atomic E-state index is 12.4. The molecule has 0 spiro atoms. The van der Waals surface area contributed by atoms with Crippen LogP contribution in [-0.2, 0) is 11.2 Å². The van der Waals surface area contributed by atoms with E-state index in [9.17, 15) is 4.79 Å². The molecule has 4 heterocycles. The Kier molecular flexibility index (Phi) is 4.71. The van der Waals surface area contributed by atoms with E-state index in [1.54, 1.807) is 42.3 Å². The van der Waals surface area contributed by atoms with E-state index in [0.717, 1.165) is 41.1 Å². The largest absolute Gasteiger partial charge is 0.472 e. The summed E-state index contributed by atoms with van der Waals surface area (Å²) >= 11 is 1.73. The second-order valence-corrected chi connectivity index (χ2v) is 7.30. The van der Waals surface area contributed by atoms with Crippen molar-refractivity contribution in [3.63, 3.8) is 0 Å². The third kappa shape index (κ3) is 3.35. The van der Waals surface area contributed by atoms with Crippen LogP contribution in [0.5, 0.6) is 0 Å². The number of aromatic nitrogens is 2. The molecule has 0 radical (unpaired) electrons. The van der Waals surface area contributed by atoms with Crippen LogP contribution in [0, 0.1) is 0 Å². The molecule has 0 aromatic carbocycles. The molecule has 3 aromatic rings. The molecule has 0 bridgehead atoms. The Bertz CT molecular complexity index is 924. The minimum absolute atomic E-state index is 0.0301. The Morgan fingerprint density at radius 3 is 2.88 bits per heavy atom. The first kappa shape index (κ1) is 16.8. The molecule has 3 aromatic heterocycles. The van der Waals surface area contributed by atoms with E-state index in [1.165, 1.54) is 4.88 Å². The molecule has 0 aliphatic carbocycles. The van der Waals surface area contributed by atoms with E-state index in [4.69, 9.17) is 4.42 Å². The highest BCUT2D eigenvalue weighted by Gasteiger charge is 2.22. The first-order valence-corrected chi connectivity index (χ1v) is 9.54. The fourth-order valence-electron chi connectivity index (χ4n) is 3.10. The van der Waals surface area contributed by atoms with Gasteiger partial charge in [0, 0.05) is 42.7 Å². The van der Waals surface area contributed by atoms with Crippen molar-refractivity contribution in [1.82, 2.24) is 14.9 Å². The van der Waals surface area contributed by atoms with Gasteiger partial charge >= 0.3 is 0 Å². The molecule has 4 rings (SSSR count). The summed E-state index contributed by atoms with van der Waals surface area (Å²) in [6, 6.07) is 4.02. The van der Waals surface area contributed by atoms with Crippen LogP contribution in [0.3, 0.4) is 0 Å². The highest BCUT2D eigenvalue weighted by molar-refractivity contribution is 7.18. The van der Waals surface area contributed by atoms with Crippen LogP contribution in [0.25, 0.3) is 16.3 Å². The molecule has 1 aliphatic heterocycles. The van der Waals surface area contributed by atoms with Crippen LogP contribution in [-0.4, -0.2) is 47.0 Å². The number of hydrogen-bond acceptors (Lipinski definition) is 6. The lowest BCUT2D eigenvalue weighted by Gasteiger charge is -2.35. The predicted octanol–water partition coefficient (Wildman–Crippen LogP) is 3.21. The van der Waals surface area contributed by atoms with Crippen molar-refractivity contribution in [2.24, 2.45) is 0 Å². The number of aryl methyl sites for hydroxylation is 1. The fraction of sp³-hybridized carbons (Fsp3) is 0.316. The van der Waals surface area contributed by atoms with Gasteiger partial charge in [-0.25, -0.2) is 9.97 Å². The van der Waals surface area contributed by atoms with Gasteiger partial charge in [0.2, 0.25) is 5.91 Å². The number of furan rings is 1. The average molecular weight is 368 g/mol. The monoisotopic (exact) mass is 368 g/mol. The van der Waals surface area contributed by atoms with Crippen LogP contribution >= 0.6 is 11.3 Å². The van der Waals surface area contributed by atoms with Crippen molar-refractivity contribution in [2.45, 2.75) is 13.3 Å². The summed E-state index contributed by atoms with van der Waals surface area (Å²) in [5.41, 5.74) is 0.893. The van der Waals surface area contributed by atoms with E-state index in [-0.39, 0.29) is 5.91 Å². The van der Waals surface area contributed by atoms with Crippen LogP contribution in [0.1, 0.15) is 17.4 Å². The van der Waals surface area contributed by atoms with Gasteiger partial charge in [-0.2, -0.15) is 0 Å².